The van der Waals surface area contributed by atoms with Gasteiger partial charge in [0.05, 0.1) is 19.0 Å². The maximum Gasteiger partial charge on any atom is 0.220 e. The molecular weight excluding hydrogens is 359 g/mol. The summed E-state index contributed by atoms with van der Waals surface area (Å²) in [5.74, 6) is -0.614. The minimum Gasteiger partial charge on any atom is -0.379 e. The number of carbonyl (C=O) groups excluding carboxylic acids is 1. The zero-order valence-corrected chi connectivity index (χ0v) is 15.9. The molecule has 1 amide bonds. The standard InChI is InChI=1S/C18H27FN2O4S/c1-2-3-16(15-4-6-17(19)7-5-15)14-18(22)20-8-13-26(23,24)21-9-11-25-12-10-21/h4-7,16H,2-3,8-14H2,1H3,(H,20,22). The van der Waals surface area contributed by atoms with E-state index in [1.54, 1.807) is 12.1 Å². The van der Waals surface area contributed by atoms with Crippen LogP contribution in [0.4, 0.5) is 4.39 Å². The highest BCUT2D eigenvalue weighted by molar-refractivity contribution is 7.89. The third-order valence-electron chi connectivity index (χ3n) is 4.46. The Hall–Kier alpha value is -1.51. The first-order valence-corrected chi connectivity index (χ1v) is 10.6. The van der Waals surface area contributed by atoms with Gasteiger partial charge in [-0.25, -0.2) is 12.8 Å². The van der Waals surface area contributed by atoms with E-state index in [9.17, 15) is 17.6 Å². The van der Waals surface area contributed by atoms with Crippen molar-refractivity contribution in [2.24, 2.45) is 0 Å². The summed E-state index contributed by atoms with van der Waals surface area (Å²) in [7, 11) is -3.38. The number of amides is 1. The van der Waals surface area contributed by atoms with Gasteiger partial charge in [0, 0.05) is 26.1 Å². The molecule has 6 nitrogen and oxygen atoms in total. The second kappa shape index (κ2) is 9.99. The Labute approximate surface area is 154 Å². The normalized spacial score (nSPS) is 17.0. The molecule has 1 aromatic rings. The molecule has 1 atom stereocenters. The van der Waals surface area contributed by atoms with Gasteiger partial charge in [-0.15, -0.1) is 0 Å². The summed E-state index contributed by atoms with van der Waals surface area (Å²) < 4.78 is 44.1. The lowest BCUT2D eigenvalue weighted by Crippen LogP contribution is -2.43. The smallest absolute Gasteiger partial charge is 0.220 e. The molecule has 1 aliphatic heterocycles. The van der Waals surface area contributed by atoms with Crippen LogP contribution < -0.4 is 5.32 Å². The molecule has 8 heteroatoms. The van der Waals surface area contributed by atoms with Gasteiger partial charge >= 0.3 is 0 Å². The van der Waals surface area contributed by atoms with Crippen LogP contribution in [0, 0.1) is 5.82 Å². The second-order valence-corrected chi connectivity index (χ2v) is 8.51. The van der Waals surface area contributed by atoms with Crippen LogP contribution >= 0.6 is 0 Å². The van der Waals surface area contributed by atoms with E-state index in [-0.39, 0.29) is 36.4 Å². The Morgan fingerprint density at radius 1 is 1.27 bits per heavy atom. The third kappa shape index (κ3) is 6.34. The average Bonchev–Trinajstić information content (AvgIpc) is 2.62. The van der Waals surface area contributed by atoms with Gasteiger partial charge in [0.1, 0.15) is 5.82 Å². The topological polar surface area (TPSA) is 75.7 Å². The maximum absolute atomic E-state index is 13.1. The molecule has 0 aliphatic carbocycles. The van der Waals surface area contributed by atoms with Crippen LogP contribution in [-0.2, 0) is 19.6 Å². The Kier molecular flexibility index (Phi) is 7.99. The number of hydrogen-bond donors (Lipinski definition) is 1. The minimum absolute atomic E-state index is 0.00329. The molecule has 2 rings (SSSR count). The van der Waals surface area contributed by atoms with Crippen LogP contribution in [-0.4, -0.2) is 57.2 Å². The monoisotopic (exact) mass is 386 g/mol. The first-order valence-electron chi connectivity index (χ1n) is 9.00. The van der Waals surface area contributed by atoms with Crippen molar-refractivity contribution in [3.8, 4) is 0 Å². The zero-order valence-electron chi connectivity index (χ0n) is 15.1. The summed E-state index contributed by atoms with van der Waals surface area (Å²) >= 11 is 0. The zero-order chi connectivity index (χ0) is 19.0. The van der Waals surface area contributed by atoms with Crippen LogP contribution in [0.2, 0.25) is 0 Å². The van der Waals surface area contributed by atoms with Gasteiger partial charge in [-0.05, 0) is 30.0 Å². The van der Waals surface area contributed by atoms with Crippen LogP contribution in [0.25, 0.3) is 0 Å². The number of carbonyl (C=O) groups is 1. The van der Waals surface area contributed by atoms with Crippen molar-refractivity contribution in [2.75, 3.05) is 38.6 Å². The summed E-state index contributed by atoms with van der Waals surface area (Å²) in [6.07, 6.45) is 1.98. The molecule has 1 heterocycles. The molecule has 1 unspecified atom stereocenters. The molecule has 146 valence electrons. The van der Waals surface area contributed by atoms with E-state index in [4.69, 9.17) is 4.74 Å². The lowest BCUT2D eigenvalue weighted by atomic mass is 9.91. The molecule has 1 aromatic carbocycles. The predicted molar refractivity (Wildman–Crippen MR) is 97.9 cm³/mol. The van der Waals surface area contributed by atoms with Crippen molar-refractivity contribution in [3.05, 3.63) is 35.6 Å². The summed E-state index contributed by atoms with van der Waals surface area (Å²) in [6.45, 7) is 3.65. The Morgan fingerprint density at radius 2 is 1.92 bits per heavy atom. The summed E-state index contributed by atoms with van der Waals surface area (Å²) in [4.78, 5) is 12.2. The van der Waals surface area contributed by atoms with Crippen LogP contribution in [0.1, 0.15) is 37.7 Å². The van der Waals surface area contributed by atoms with E-state index in [1.165, 1.54) is 16.4 Å². The first-order chi connectivity index (χ1) is 12.4. The lowest BCUT2D eigenvalue weighted by molar-refractivity contribution is -0.121. The molecule has 1 aliphatic rings. The van der Waals surface area contributed by atoms with Crippen molar-refractivity contribution in [2.45, 2.75) is 32.1 Å². The molecule has 1 fully saturated rings. The van der Waals surface area contributed by atoms with Crippen molar-refractivity contribution < 1.29 is 22.3 Å². The summed E-state index contributed by atoms with van der Waals surface area (Å²) in [6, 6.07) is 6.19. The molecular formula is C18H27FN2O4S. The number of sulfonamides is 1. The Bertz CT molecular complexity index is 673. The van der Waals surface area contributed by atoms with E-state index in [1.807, 2.05) is 6.92 Å². The fourth-order valence-corrected chi connectivity index (χ4v) is 4.36. The largest absolute Gasteiger partial charge is 0.379 e. The van der Waals surface area contributed by atoms with Gasteiger partial charge in [0.25, 0.3) is 0 Å². The average molecular weight is 386 g/mol. The molecule has 26 heavy (non-hydrogen) atoms. The highest BCUT2D eigenvalue weighted by Gasteiger charge is 2.24. The van der Waals surface area contributed by atoms with Crippen LogP contribution in [0.15, 0.2) is 24.3 Å². The third-order valence-corrected chi connectivity index (χ3v) is 6.33. The predicted octanol–water partition coefficient (Wildman–Crippen LogP) is 1.88. The number of morpholine rings is 1. The van der Waals surface area contributed by atoms with Gasteiger partial charge in [0.2, 0.25) is 15.9 Å². The number of nitrogens with zero attached hydrogens (tertiary/aromatic N) is 1. The van der Waals surface area contributed by atoms with Crippen molar-refractivity contribution in [3.63, 3.8) is 0 Å². The summed E-state index contributed by atoms with van der Waals surface area (Å²) in [5, 5.41) is 2.70. The summed E-state index contributed by atoms with van der Waals surface area (Å²) in [5.41, 5.74) is 0.921. The number of rotatable bonds is 9. The fourth-order valence-electron chi connectivity index (χ4n) is 3.04. The molecule has 0 bridgehead atoms. The number of hydrogen-bond acceptors (Lipinski definition) is 4. The van der Waals surface area contributed by atoms with Gasteiger partial charge in [0.15, 0.2) is 0 Å². The van der Waals surface area contributed by atoms with E-state index >= 15 is 0 Å². The fraction of sp³-hybridized carbons (Fsp3) is 0.611. The van der Waals surface area contributed by atoms with Gasteiger partial charge in [-0.3, -0.25) is 4.79 Å². The molecule has 1 saturated heterocycles. The van der Waals surface area contributed by atoms with E-state index in [0.29, 0.717) is 26.3 Å². The highest BCUT2D eigenvalue weighted by atomic mass is 32.2. The van der Waals surface area contributed by atoms with Crippen LogP contribution in [0.3, 0.4) is 0 Å². The quantitative estimate of drug-likeness (QED) is 0.703. The number of nitrogens with one attached hydrogen (secondary N) is 1. The van der Waals surface area contributed by atoms with Crippen molar-refractivity contribution in [1.82, 2.24) is 9.62 Å². The van der Waals surface area contributed by atoms with Crippen molar-refractivity contribution >= 4 is 15.9 Å². The van der Waals surface area contributed by atoms with Gasteiger partial charge in [-0.1, -0.05) is 25.5 Å². The molecule has 0 aromatic heterocycles. The Balaban J connectivity index is 1.83. The number of ether oxygens (including phenoxy) is 1. The van der Waals surface area contributed by atoms with Gasteiger partial charge in [-0.2, -0.15) is 4.31 Å². The number of halogens is 1. The first kappa shape index (κ1) is 20.8. The molecule has 0 saturated carbocycles. The minimum atomic E-state index is -3.38. The molecule has 0 radical (unpaired) electrons. The van der Waals surface area contributed by atoms with E-state index < -0.39 is 10.0 Å². The second-order valence-electron chi connectivity index (χ2n) is 6.42. The van der Waals surface area contributed by atoms with Crippen molar-refractivity contribution in [1.29, 1.82) is 0 Å². The van der Waals surface area contributed by atoms with Crippen LogP contribution in [0.5, 0.6) is 0 Å². The maximum atomic E-state index is 13.1. The molecule has 0 spiro atoms. The van der Waals surface area contributed by atoms with Gasteiger partial charge < -0.3 is 10.1 Å². The SMILES string of the molecule is CCCC(CC(=O)NCCS(=O)(=O)N1CCOCC1)c1ccc(F)cc1. The van der Waals surface area contributed by atoms with E-state index in [0.717, 1.165) is 18.4 Å². The Morgan fingerprint density at radius 3 is 2.54 bits per heavy atom. The highest BCUT2D eigenvalue weighted by Crippen LogP contribution is 2.25. The lowest BCUT2D eigenvalue weighted by Gasteiger charge is -2.26. The number of benzene rings is 1. The molecule has 1 N–H and O–H groups in total. The van der Waals surface area contributed by atoms with E-state index in [2.05, 4.69) is 5.32 Å².